The van der Waals surface area contributed by atoms with E-state index < -0.39 is 29.4 Å². The number of ether oxygens (including phenoxy) is 1. The predicted molar refractivity (Wildman–Crippen MR) is 82.6 cm³/mol. The average molecular weight is 334 g/mol. The van der Waals surface area contributed by atoms with Gasteiger partial charge in [-0.1, -0.05) is 18.6 Å². The summed E-state index contributed by atoms with van der Waals surface area (Å²) in [6, 6.07) is 4.97. The van der Waals surface area contributed by atoms with Crippen LogP contribution in [-0.2, 0) is 9.59 Å². The Labute approximate surface area is 138 Å². The second-order valence-corrected chi connectivity index (χ2v) is 6.20. The highest BCUT2D eigenvalue weighted by Crippen LogP contribution is 2.42. The van der Waals surface area contributed by atoms with Crippen molar-refractivity contribution in [1.82, 2.24) is 4.90 Å². The Morgan fingerprint density at radius 1 is 1.33 bits per heavy atom. The molecule has 1 N–H and O–H groups in total. The SMILES string of the molecule is O=C(O)C1C2CCCC2CN1C(=O)COc1ccccc1[N+](=O)[O-]. The Balaban J connectivity index is 1.69. The fraction of sp³-hybridized carbons (Fsp3) is 0.500. The second kappa shape index (κ2) is 6.46. The van der Waals surface area contributed by atoms with Crippen LogP contribution in [0.5, 0.6) is 5.75 Å². The number of aliphatic carboxylic acids is 1. The molecular formula is C16H18N2O6. The van der Waals surface area contributed by atoms with Crippen LogP contribution in [0.2, 0.25) is 0 Å². The first-order chi connectivity index (χ1) is 11.5. The number of benzene rings is 1. The molecule has 0 spiro atoms. The molecule has 2 aliphatic rings. The van der Waals surface area contributed by atoms with E-state index in [-0.39, 0.29) is 23.3 Å². The van der Waals surface area contributed by atoms with E-state index >= 15 is 0 Å². The highest BCUT2D eigenvalue weighted by Gasteiger charge is 2.49. The van der Waals surface area contributed by atoms with E-state index in [0.717, 1.165) is 19.3 Å². The maximum atomic E-state index is 12.4. The van der Waals surface area contributed by atoms with Gasteiger partial charge in [-0.3, -0.25) is 14.9 Å². The summed E-state index contributed by atoms with van der Waals surface area (Å²) in [5.74, 6) is -1.22. The van der Waals surface area contributed by atoms with Gasteiger partial charge < -0.3 is 14.7 Å². The van der Waals surface area contributed by atoms with Crippen molar-refractivity contribution in [3.63, 3.8) is 0 Å². The van der Waals surface area contributed by atoms with Crippen LogP contribution < -0.4 is 4.74 Å². The Bertz CT molecular complexity index is 676. The van der Waals surface area contributed by atoms with Gasteiger partial charge in [0.15, 0.2) is 12.4 Å². The zero-order valence-corrected chi connectivity index (χ0v) is 13.0. The van der Waals surface area contributed by atoms with Gasteiger partial charge in [-0.2, -0.15) is 0 Å². The molecule has 1 amide bonds. The van der Waals surface area contributed by atoms with E-state index in [9.17, 15) is 24.8 Å². The highest BCUT2D eigenvalue weighted by molar-refractivity contribution is 5.85. The molecule has 2 fully saturated rings. The molecule has 1 saturated heterocycles. The topological polar surface area (TPSA) is 110 Å². The zero-order chi connectivity index (χ0) is 17.3. The lowest BCUT2D eigenvalue weighted by Crippen LogP contribution is -2.45. The first kappa shape index (κ1) is 16.2. The van der Waals surface area contributed by atoms with Gasteiger partial charge >= 0.3 is 11.7 Å². The van der Waals surface area contributed by atoms with Gasteiger partial charge in [-0.25, -0.2) is 4.79 Å². The van der Waals surface area contributed by atoms with Gasteiger partial charge in [-0.15, -0.1) is 0 Å². The van der Waals surface area contributed by atoms with E-state index in [2.05, 4.69) is 0 Å². The van der Waals surface area contributed by atoms with Crippen LogP contribution in [0.25, 0.3) is 0 Å². The van der Waals surface area contributed by atoms with Crippen LogP contribution in [0, 0.1) is 22.0 Å². The number of amides is 1. The third kappa shape index (κ3) is 2.91. The fourth-order valence-electron chi connectivity index (χ4n) is 3.83. The number of nitro benzene ring substituents is 1. The monoisotopic (exact) mass is 334 g/mol. The van der Waals surface area contributed by atoms with Crippen molar-refractivity contribution in [2.45, 2.75) is 25.3 Å². The van der Waals surface area contributed by atoms with Crippen molar-refractivity contribution < 1.29 is 24.4 Å². The van der Waals surface area contributed by atoms with Gasteiger partial charge in [0.05, 0.1) is 4.92 Å². The number of hydrogen-bond donors (Lipinski definition) is 1. The van der Waals surface area contributed by atoms with Crippen molar-refractivity contribution in [3.8, 4) is 5.75 Å². The molecule has 0 aromatic heterocycles. The molecule has 3 unspecified atom stereocenters. The normalized spacial score (nSPS) is 25.3. The number of rotatable bonds is 5. The maximum Gasteiger partial charge on any atom is 0.326 e. The standard InChI is InChI=1S/C16H18N2O6/c19-14(9-24-13-7-2-1-6-12(13)18(22)23)17-8-10-4-3-5-11(10)15(17)16(20)21/h1-2,6-7,10-11,15H,3-5,8-9H2,(H,20,21). The summed E-state index contributed by atoms with van der Waals surface area (Å²) in [4.78, 5) is 35.7. The molecule has 1 saturated carbocycles. The van der Waals surface area contributed by atoms with E-state index in [1.807, 2.05) is 0 Å². The summed E-state index contributed by atoms with van der Waals surface area (Å²) in [5, 5.41) is 20.4. The number of para-hydroxylation sites is 2. The molecule has 0 radical (unpaired) electrons. The molecule has 1 aliphatic carbocycles. The Morgan fingerprint density at radius 3 is 2.79 bits per heavy atom. The van der Waals surface area contributed by atoms with Crippen LogP contribution in [-0.4, -0.2) is 46.0 Å². The quantitative estimate of drug-likeness (QED) is 0.648. The van der Waals surface area contributed by atoms with Gasteiger partial charge in [0.1, 0.15) is 6.04 Å². The van der Waals surface area contributed by atoms with Gasteiger partial charge in [0, 0.05) is 12.6 Å². The predicted octanol–water partition coefficient (Wildman–Crippen LogP) is 1.69. The van der Waals surface area contributed by atoms with Crippen LogP contribution in [0.3, 0.4) is 0 Å². The third-order valence-electron chi connectivity index (χ3n) is 4.88. The lowest BCUT2D eigenvalue weighted by atomic mass is 9.94. The molecule has 1 aromatic carbocycles. The molecule has 1 aliphatic heterocycles. The number of carbonyl (C=O) groups excluding carboxylic acids is 1. The maximum absolute atomic E-state index is 12.4. The van der Waals surface area contributed by atoms with E-state index in [1.54, 1.807) is 6.07 Å². The largest absolute Gasteiger partial charge is 0.480 e. The highest BCUT2D eigenvalue weighted by atomic mass is 16.6. The van der Waals surface area contributed by atoms with Crippen LogP contribution in [0.4, 0.5) is 5.69 Å². The van der Waals surface area contributed by atoms with Crippen LogP contribution in [0.15, 0.2) is 24.3 Å². The zero-order valence-electron chi connectivity index (χ0n) is 13.0. The second-order valence-electron chi connectivity index (χ2n) is 6.20. The Kier molecular flexibility index (Phi) is 4.37. The first-order valence-corrected chi connectivity index (χ1v) is 7.87. The number of carboxylic acids is 1. The van der Waals surface area contributed by atoms with Crippen molar-refractivity contribution in [2.75, 3.05) is 13.2 Å². The van der Waals surface area contributed by atoms with E-state index in [0.29, 0.717) is 6.54 Å². The van der Waals surface area contributed by atoms with E-state index in [1.165, 1.54) is 23.1 Å². The number of carboxylic acid groups (broad SMARTS) is 1. The lowest BCUT2D eigenvalue weighted by Gasteiger charge is -2.24. The number of fused-ring (bicyclic) bond motifs is 1. The van der Waals surface area contributed by atoms with Crippen molar-refractivity contribution in [1.29, 1.82) is 0 Å². The summed E-state index contributed by atoms with van der Waals surface area (Å²) >= 11 is 0. The summed E-state index contributed by atoms with van der Waals surface area (Å²) in [7, 11) is 0. The number of hydrogen-bond acceptors (Lipinski definition) is 5. The summed E-state index contributed by atoms with van der Waals surface area (Å²) in [5.41, 5.74) is -0.224. The van der Waals surface area contributed by atoms with E-state index in [4.69, 9.17) is 4.74 Å². The van der Waals surface area contributed by atoms with Gasteiger partial charge in [0.2, 0.25) is 0 Å². The molecule has 24 heavy (non-hydrogen) atoms. The Morgan fingerprint density at radius 2 is 2.08 bits per heavy atom. The molecule has 3 atom stereocenters. The summed E-state index contributed by atoms with van der Waals surface area (Å²) < 4.78 is 5.30. The van der Waals surface area contributed by atoms with Crippen LogP contribution in [0.1, 0.15) is 19.3 Å². The van der Waals surface area contributed by atoms with Crippen LogP contribution >= 0.6 is 0 Å². The van der Waals surface area contributed by atoms with Gasteiger partial charge in [-0.05, 0) is 30.7 Å². The first-order valence-electron chi connectivity index (χ1n) is 7.87. The summed E-state index contributed by atoms with van der Waals surface area (Å²) in [6.07, 6.45) is 2.74. The minimum Gasteiger partial charge on any atom is -0.480 e. The fourth-order valence-corrected chi connectivity index (χ4v) is 3.83. The number of carbonyl (C=O) groups is 2. The van der Waals surface area contributed by atoms with Crippen molar-refractivity contribution in [2.24, 2.45) is 11.8 Å². The smallest absolute Gasteiger partial charge is 0.326 e. The number of nitro groups is 1. The molecular weight excluding hydrogens is 316 g/mol. The summed E-state index contributed by atoms with van der Waals surface area (Å²) in [6.45, 7) is 0.00871. The molecule has 0 bridgehead atoms. The minimum atomic E-state index is -0.997. The average Bonchev–Trinajstić information content (AvgIpc) is 3.12. The lowest BCUT2D eigenvalue weighted by molar-refractivity contribution is -0.385. The molecule has 8 nitrogen and oxygen atoms in total. The van der Waals surface area contributed by atoms with Crippen molar-refractivity contribution in [3.05, 3.63) is 34.4 Å². The number of likely N-dealkylation sites (tertiary alicyclic amines) is 1. The molecule has 128 valence electrons. The Hall–Kier alpha value is -2.64. The molecule has 1 aromatic rings. The minimum absolute atomic E-state index is 0.00196. The van der Waals surface area contributed by atoms with Crippen molar-refractivity contribution >= 4 is 17.6 Å². The third-order valence-corrected chi connectivity index (χ3v) is 4.88. The van der Waals surface area contributed by atoms with Gasteiger partial charge in [0.25, 0.3) is 5.91 Å². The molecule has 3 rings (SSSR count). The number of nitrogens with zero attached hydrogens (tertiary/aromatic N) is 2. The molecule has 8 heteroatoms. The molecule has 1 heterocycles.